The molecule has 1 unspecified atom stereocenters. The van der Waals surface area contributed by atoms with Crippen LogP contribution >= 0.6 is 15.9 Å². The highest BCUT2D eigenvalue weighted by Crippen LogP contribution is 2.23. The summed E-state index contributed by atoms with van der Waals surface area (Å²) in [4.78, 5) is 22.1. The van der Waals surface area contributed by atoms with Crippen LogP contribution in [0.1, 0.15) is 18.4 Å². The van der Waals surface area contributed by atoms with E-state index in [-0.39, 0.29) is 12.8 Å². The molecule has 1 rings (SSSR count). The van der Waals surface area contributed by atoms with Gasteiger partial charge in [0, 0.05) is 10.9 Å². The van der Waals surface area contributed by atoms with E-state index in [1.54, 1.807) is 18.2 Å². The second-order valence-corrected chi connectivity index (χ2v) is 4.69. The molecular weight excluding hydrogens is 314 g/mol. The minimum atomic E-state index is -0.997. The highest BCUT2D eigenvalue weighted by atomic mass is 79.9. The van der Waals surface area contributed by atoms with E-state index in [0.29, 0.717) is 15.7 Å². The Hall–Kier alpha value is -1.91. The SMILES string of the molecule is N#Cc1ccc(NC(=O)C(N)CCC(=O)O)c(Br)c1. The molecule has 0 saturated carbocycles. The fraction of sp³-hybridized carbons (Fsp3) is 0.250. The molecule has 1 amide bonds. The number of carbonyl (C=O) groups excluding carboxylic acids is 1. The minimum absolute atomic E-state index is 0.0645. The Balaban J connectivity index is 2.66. The summed E-state index contributed by atoms with van der Waals surface area (Å²) >= 11 is 3.23. The van der Waals surface area contributed by atoms with Crippen LogP contribution in [-0.2, 0) is 9.59 Å². The van der Waals surface area contributed by atoms with Crippen molar-refractivity contribution in [2.24, 2.45) is 5.73 Å². The Morgan fingerprint density at radius 3 is 2.74 bits per heavy atom. The molecule has 0 aliphatic rings. The third-order valence-corrected chi connectivity index (χ3v) is 3.02. The van der Waals surface area contributed by atoms with E-state index in [2.05, 4.69) is 21.2 Å². The molecule has 0 saturated heterocycles. The second kappa shape index (κ2) is 6.87. The number of carbonyl (C=O) groups is 2. The van der Waals surface area contributed by atoms with Gasteiger partial charge in [0.25, 0.3) is 0 Å². The van der Waals surface area contributed by atoms with E-state index in [9.17, 15) is 9.59 Å². The number of nitrogens with two attached hydrogens (primary N) is 1. The number of benzene rings is 1. The first kappa shape index (κ1) is 15.1. The summed E-state index contributed by atoms with van der Waals surface area (Å²) in [5.74, 6) is -1.46. The van der Waals surface area contributed by atoms with E-state index in [4.69, 9.17) is 16.1 Å². The van der Waals surface area contributed by atoms with Gasteiger partial charge in [-0.05, 0) is 40.5 Å². The lowest BCUT2D eigenvalue weighted by Gasteiger charge is -2.12. The topological polar surface area (TPSA) is 116 Å². The molecule has 0 aliphatic heterocycles. The first-order valence-corrected chi connectivity index (χ1v) is 6.21. The van der Waals surface area contributed by atoms with E-state index < -0.39 is 17.9 Å². The van der Waals surface area contributed by atoms with Crippen LogP contribution in [-0.4, -0.2) is 23.0 Å². The molecule has 0 fully saturated rings. The molecule has 0 aliphatic carbocycles. The summed E-state index contributed by atoms with van der Waals surface area (Å²) < 4.78 is 0.560. The minimum Gasteiger partial charge on any atom is -0.481 e. The third kappa shape index (κ3) is 4.69. The van der Waals surface area contributed by atoms with Crippen molar-refractivity contribution in [3.63, 3.8) is 0 Å². The quantitative estimate of drug-likeness (QED) is 0.757. The van der Waals surface area contributed by atoms with Crippen LogP contribution in [0.5, 0.6) is 0 Å². The molecule has 6 nitrogen and oxygen atoms in total. The monoisotopic (exact) mass is 325 g/mol. The average Bonchev–Trinajstić information content (AvgIpc) is 2.37. The number of carboxylic acid groups (broad SMARTS) is 1. The molecule has 19 heavy (non-hydrogen) atoms. The van der Waals surface area contributed by atoms with Gasteiger partial charge in [0.2, 0.25) is 5.91 Å². The standard InChI is InChI=1S/C12H12BrN3O3/c13-8-5-7(6-14)1-3-10(8)16-12(19)9(15)2-4-11(17)18/h1,3,5,9H,2,4,15H2,(H,16,19)(H,17,18). The van der Waals surface area contributed by atoms with Gasteiger partial charge in [-0.2, -0.15) is 5.26 Å². The van der Waals surface area contributed by atoms with Gasteiger partial charge >= 0.3 is 5.97 Å². The van der Waals surface area contributed by atoms with Crippen LogP contribution in [0.15, 0.2) is 22.7 Å². The molecule has 7 heteroatoms. The largest absolute Gasteiger partial charge is 0.481 e. The van der Waals surface area contributed by atoms with Crippen LogP contribution in [0.25, 0.3) is 0 Å². The number of amides is 1. The van der Waals surface area contributed by atoms with Crippen LogP contribution in [0, 0.1) is 11.3 Å². The van der Waals surface area contributed by atoms with Crippen molar-refractivity contribution in [2.45, 2.75) is 18.9 Å². The highest BCUT2D eigenvalue weighted by Gasteiger charge is 2.16. The van der Waals surface area contributed by atoms with Crippen molar-refractivity contribution in [3.8, 4) is 6.07 Å². The van der Waals surface area contributed by atoms with Crippen LogP contribution in [0.4, 0.5) is 5.69 Å². The van der Waals surface area contributed by atoms with E-state index in [0.717, 1.165) is 0 Å². The lowest BCUT2D eigenvalue weighted by Crippen LogP contribution is -2.36. The maximum absolute atomic E-state index is 11.7. The number of nitriles is 1. The number of aliphatic carboxylic acids is 1. The molecule has 0 spiro atoms. The van der Waals surface area contributed by atoms with Gasteiger partial charge in [-0.1, -0.05) is 0 Å². The predicted octanol–water partition coefficient (Wildman–Crippen LogP) is 1.45. The maximum Gasteiger partial charge on any atom is 0.303 e. The zero-order chi connectivity index (χ0) is 14.4. The summed E-state index contributed by atoms with van der Waals surface area (Å²) in [5.41, 5.74) is 6.52. The zero-order valence-electron chi connectivity index (χ0n) is 9.89. The summed E-state index contributed by atoms with van der Waals surface area (Å²) in [6.07, 6.45) is -0.0990. The Morgan fingerprint density at radius 1 is 1.53 bits per heavy atom. The normalized spacial score (nSPS) is 11.4. The number of hydrogen-bond acceptors (Lipinski definition) is 4. The molecule has 1 aromatic rings. The van der Waals surface area contributed by atoms with E-state index >= 15 is 0 Å². The first-order valence-electron chi connectivity index (χ1n) is 5.42. The summed E-state index contributed by atoms with van der Waals surface area (Å²) in [6, 6.07) is 5.78. The van der Waals surface area contributed by atoms with Crippen molar-refractivity contribution in [1.29, 1.82) is 5.26 Å². The number of carboxylic acids is 1. The summed E-state index contributed by atoms with van der Waals surface area (Å²) in [6.45, 7) is 0. The van der Waals surface area contributed by atoms with E-state index in [1.807, 2.05) is 6.07 Å². The maximum atomic E-state index is 11.7. The molecule has 0 heterocycles. The lowest BCUT2D eigenvalue weighted by molar-refractivity contribution is -0.137. The Morgan fingerprint density at radius 2 is 2.21 bits per heavy atom. The predicted molar refractivity (Wildman–Crippen MR) is 72.3 cm³/mol. The smallest absolute Gasteiger partial charge is 0.303 e. The van der Waals surface area contributed by atoms with Gasteiger partial charge in [-0.25, -0.2) is 0 Å². The summed E-state index contributed by atoms with van der Waals surface area (Å²) in [7, 11) is 0. The van der Waals surface area contributed by atoms with Crippen molar-refractivity contribution in [3.05, 3.63) is 28.2 Å². The zero-order valence-corrected chi connectivity index (χ0v) is 11.5. The molecule has 100 valence electrons. The fourth-order valence-electron chi connectivity index (χ4n) is 1.32. The Bertz CT molecular complexity index is 540. The van der Waals surface area contributed by atoms with Crippen LogP contribution < -0.4 is 11.1 Å². The number of nitrogens with one attached hydrogen (secondary N) is 1. The van der Waals surface area contributed by atoms with Gasteiger partial charge in [-0.3, -0.25) is 9.59 Å². The number of anilines is 1. The van der Waals surface area contributed by atoms with Crippen LogP contribution in [0.2, 0.25) is 0 Å². The Kier molecular flexibility index (Phi) is 5.48. The lowest BCUT2D eigenvalue weighted by atomic mass is 10.1. The third-order valence-electron chi connectivity index (χ3n) is 2.36. The number of rotatable bonds is 5. The molecular formula is C12H12BrN3O3. The number of hydrogen-bond donors (Lipinski definition) is 3. The average molecular weight is 326 g/mol. The van der Waals surface area contributed by atoms with Crippen molar-refractivity contribution in [1.82, 2.24) is 0 Å². The number of nitrogens with zero attached hydrogens (tertiary/aromatic N) is 1. The van der Waals surface area contributed by atoms with Crippen molar-refractivity contribution >= 4 is 33.5 Å². The first-order chi connectivity index (χ1) is 8.93. The van der Waals surface area contributed by atoms with Crippen molar-refractivity contribution in [2.75, 3.05) is 5.32 Å². The molecule has 0 radical (unpaired) electrons. The van der Waals surface area contributed by atoms with E-state index in [1.165, 1.54) is 0 Å². The van der Waals surface area contributed by atoms with Gasteiger partial charge < -0.3 is 16.2 Å². The van der Waals surface area contributed by atoms with Crippen LogP contribution in [0.3, 0.4) is 0 Å². The van der Waals surface area contributed by atoms with Gasteiger partial charge in [-0.15, -0.1) is 0 Å². The molecule has 0 aromatic heterocycles. The van der Waals surface area contributed by atoms with Crippen molar-refractivity contribution < 1.29 is 14.7 Å². The van der Waals surface area contributed by atoms with Gasteiger partial charge in [0.15, 0.2) is 0 Å². The highest BCUT2D eigenvalue weighted by molar-refractivity contribution is 9.10. The molecule has 1 aromatic carbocycles. The van der Waals surface area contributed by atoms with Gasteiger partial charge in [0.05, 0.1) is 23.4 Å². The molecule has 4 N–H and O–H groups in total. The molecule has 0 bridgehead atoms. The summed E-state index contributed by atoms with van der Waals surface area (Å²) in [5, 5.41) is 19.8. The Labute approximate surface area is 118 Å². The fourth-order valence-corrected chi connectivity index (χ4v) is 1.80. The molecule has 1 atom stereocenters. The number of halogens is 1. The second-order valence-electron chi connectivity index (χ2n) is 3.83. The van der Waals surface area contributed by atoms with Gasteiger partial charge in [0.1, 0.15) is 0 Å².